The molecular formula is C12H20N2O2. The Balaban J connectivity index is 2.46. The molecular weight excluding hydrogens is 204 g/mol. The molecule has 16 heavy (non-hydrogen) atoms. The van der Waals surface area contributed by atoms with Gasteiger partial charge in [-0.15, -0.1) is 0 Å². The van der Waals surface area contributed by atoms with E-state index in [2.05, 4.69) is 6.07 Å². The Labute approximate surface area is 97.2 Å². The van der Waals surface area contributed by atoms with E-state index in [1.165, 1.54) is 0 Å². The summed E-state index contributed by atoms with van der Waals surface area (Å²) in [6.45, 7) is 4.22. The lowest BCUT2D eigenvalue weighted by Gasteiger charge is -2.19. The van der Waals surface area contributed by atoms with Crippen LogP contribution in [0.1, 0.15) is 26.2 Å². The number of likely N-dealkylation sites (tertiary alicyclic amines) is 1. The van der Waals surface area contributed by atoms with Crippen LogP contribution in [0.15, 0.2) is 0 Å². The van der Waals surface area contributed by atoms with Gasteiger partial charge in [-0.1, -0.05) is 13.3 Å². The highest BCUT2D eigenvalue weighted by Crippen LogP contribution is 2.20. The number of nitrogens with zero attached hydrogens (tertiary/aromatic N) is 2. The molecule has 0 radical (unpaired) electrons. The average Bonchev–Trinajstić information content (AvgIpc) is 2.74. The Morgan fingerprint density at radius 2 is 2.44 bits per heavy atom. The van der Waals surface area contributed by atoms with Crippen molar-refractivity contribution in [2.75, 3.05) is 26.8 Å². The molecule has 1 heterocycles. The van der Waals surface area contributed by atoms with Crippen LogP contribution >= 0.6 is 0 Å². The van der Waals surface area contributed by atoms with Gasteiger partial charge < -0.3 is 9.64 Å². The van der Waals surface area contributed by atoms with Crippen LogP contribution in [0, 0.1) is 23.2 Å². The van der Waals surface area contributed by atoms with Gasteiger partial charge in [-0.25, -0.2) is 0 Å². The third-order valence-electron chi connectivity index (χ3n) is 3.03. The van der Waals surface area contributed by atoms with E-state index in [4.69, 9.17) is 10.00 Å². The van der Waals surface area contributed by atoms with Crippen molar-refractivity contribution in [3.63, 3.8) is 0 Å². The first-order valence-corrected chi connectivity index (χ1v) is 5.90. The lowest BCUT2D eigenvalue weighted by Crippen LogP contribution is -2.34. The minimum Gasteiger partial charge on any atom is -0.384 e. The second kappa shape index (κ2) is 6.49. The summed E-state index contributed by atoms with van der Waals surface area (Å²) in [4.78, 5) is 13.8. The maximum Gasteiger partial charge on any atom is 0.239 e. The fraction of sp³-hybridized carbons (Fsp3) is 0.833. The van der Waals surface area contributed by atoms with Gasteiger partial charge in [0.1, 0.15) is 5.92 Å². The second-order valence-electron chi connectivity index (χ2n) is 4.36. The molecule has 0 aliphatic carbocycles. The summed E-state index contributed by atoms with van der Waals surface area (Å²) in [5, 5.41) is 8.93. The number of carbonyl (C=O) groups is 1. The van der Waals surface area contributed by atoms with Crippen LogP contribution in [0.5, 0.6) is 0 Å². The van der Waals surface area contributed by atoms with E-state index in [1.54, 1.807) is 7.11 Å². The van der Waals surface area contributed by atoms with Crippen LogP contribution < -0.4 is 0 Å². The molecule has 0 N–H and O–H groups in total. The molecule has 2 atom stereocenters. The first-order chi connectivity index (χ1) is 7.72. The number of rotatable bonds is 5. The third kappa shape index (κ3) is 3.21. The zero-order valence-electron chi connectivity index (χ0n) is 10.1. The van der Waals surface area contributed by atoms with E-state index in [-0.39, 0.29) is 5.91 Å². The molecule has 90 valence electrons. The third-order valence-corrected chi connectivity index (χ3v) is 3.03. The van der Waals surface area contributed by atoms with Crippen LogP contribution in [0.3, 0.4) is 0 Å². The van der Waals surface area contributed by atoms with Gasteiger partial charge in [-0.3, -0.25) is 4.79 Å². The minimum absolute atomic E-state index is 0.00273. The van der Waals surface area contributed by atoms with E-state index >= 15 is 0 Å². The van der Waals surface area contributed by atoms with Gasteiger partial charge in [0.05, 0.1) is 12.7 Å². The van der Waals surface area contributed by atoms with E-state index in [9.17, 15) is 4.79 Å². The first-order valence-electron chi connectivity index (χ1n) is 5.90. The summed E-state index contributed by atoms with van der Waals surface area (Å²) in [6.07, 6.45) is 2.53. The maximum atomic E-state index is 12.0. The molecule has 0 aromatic carbocycles. The summed E-state index contributed by atoms with van der Waals surface area (Å²) in [7, 11) is 1.68. The number of ether oxygens (including phenoxy) is 1. The molecule has 2 unspecified atom stereocenters. The Hall–Kier alpha value is -1.08. The summed E-state index contributed by atoms with van der Waals surface area (Å²) >= 11 is 0. The largest absolute Gasteiger partial charge is 0.384 e. The first kappa shape index (κ1) is 13.0. The van der Waals surface area contributed by atoms with Crippen LogP contribution in [0.25, 0.3) is 0 Å². The summed E-state index contributed by atoms with van der Waals surface area (Å²) in [5.41, 5.74) is 0. The molecule has 0 aromatic heterocycles. The zero-order valence-corrected chi connectivity index (χ0v) is 10.1. The zero-order chi connectivity index (χ0) is 12.0. The fourth-order valence-electron chi connectivity index (χ4n) is 2.16. The van der Waals surface area contributed by atoms with Crippen molar-refractivity contribution in [3.8, 4) is 6.07 Å². The monoisotopic (exact) mass is 224 g/mol. The topological polar surface area (TPSA) is 53.3 Å². The molecule has 1 fully saturated rings. The molecule has 0 spiro atoms. The fourth-order valence-corrected chi connectivity index (χ4v) is 2.16. The van der Waals surface area contributed by atoms with Crippen molar-refractivity contribution in [2.24, 2.45) is 11.8 Å². The molecule has 4 nitrogen and oxygen atoms in total. The van der Waals surface area contributed by atoms with Gasteiger partial charge >= 0.3 is 0 Å². The van der Waals surface area contributed by atoms with Crippen molar-refractivity contribution >= 4 is 5.91 Å². The highest BCUT2D eigenvalue weighted by atomic mass is 16.5. The predicted octanol–water partition coefficient (Wildman–Crippen LogP) is 1.42. The number of nitriles is 1. The van der Waals surface area contributed by atoms with Crippen molar-refractivity contribution in [3.05, 3.63) is 0 Å². The highest BCUT2D eigenvalue weighted by Gasteiger charge is 2.30. The van der Waals surface area contributed by atoms with E-state index in [0.717, 1.165) is 25.9 Å². The van der Waals surface area contributed by atoms with Gasteiger partial charge in [0, 0.05) is 26.1 Å². The van der Waals surface area contributed by atoms with Gasteiger partial charge in [-0.2, -0.15) is 5.26 Å². The quantitative estimate of drug-likeness (QED) is 0.709. The second-order valence-corrected chi connectivity index (χ2v) is 4.36. The maximum absolute atomic E-state index is 12.0. The summed E-state index contributed by atoms with van der Waals surface area (Å²) in [6, 6.07) is 2.10. The van der Waals surface area contributed by atoms with Crippen molar-refractivity contribution in [1.29, 1.82) is 5.26 Å². The van der Waals surface area contributed by atoms with Crippen molar-refractivity contribution in [1.82, 2.24) is 4.90 Å². The number of carbonyl (C=O) groups excluding carboxylic acids is 1. The molecule has 1 amide bonds. The van der Waals surface area contributed by atoms with E-state index < -0.39 is 5.92 Å². The molecule has 1 aliphatic rings. The number of methoxy groups -OCH3 is 1. The van der Waals surface area contributed by atoms with Gasteiger partial charge in [0.2, 0.25) is 5.91 Å². The Morgan fingerprint density at radius 1 is 1.69 bits per heavy atom. The Kier molecular flexibility index (Phi) is 5.27. The SMILES string of the molecule is CCCC(C#N)C(=O)N1CCC(COC)C1. The molecule has 1 saturated heterocycles. The standard InChI is InChI=1S/C12H20N2O2/c1-3-4-11(7-13)12(15)14-6-5-10(8-14)9-16-2/h10-11H,3-6,8-9H2,1-2H3. The summed E-state index contributed by atoms with van der Waals surface area (Å²) < 4.78 is 5.09. The van der Waals surface area contributed by atoms with Crippen molar-refractivity contribution < 1.29 is 9.53 Å². The van der Waals surface area contributed by atoms with Crippen LogP contribution in [-0.2, 0) is 9.53 Å². The van der Waals surface area contributed by atoms with Crippen LogP contribution in [-0.4, -0.2) is 37.6 Å². The lowest BCUT2D eigenvalue weighted by atomic mass is 10.0. The average molecular weight is 224 g/mol. The van der Waals surface area contributed by atoms with E-state index in [1.807, 2.05) is 11.8 Å². The van der Waals surface area contributed by atoms with Crippen LogP contribution in [0.4, 0.5) is 0 Å². The highest BCUT2D eigenvalue weighted by molar-refractivity contribution is 5.81. The molecule has 0 bridgehead atoms. The van der Waals surface area contributed by atoms with Gasteiger partial charge in [-0.05, 0) is 12.8 Å². The van der Waals surface area contributed by atoms with E-state index in [0.29, 0.717) is 18.9 Å². The molecule has 0 saturated carbocycles. The van der Waals surface area contributed by atoms with Crippen molar-refractivity contribution in [2.45, 2.75) is 26.2 Å². The Bertz CT molecular complexity index is 273. The molecule has 1 aliphatic heterocycles. The lowest BCUT2D eigenvalue weighted by molar-refractivity contribution is -0.133. The molecule has 4 heteroatoms. The van der Waals surface area contributed by atoms with Gasteiger partial charge in [0.25, 0.3) is 0 Å². The predicted molar refractivity (Wildman–Crippen MR) is 60.6 cm³/mol. The molecule has 0 aromatic rings. The number of hydrogen-bond acceptors (Lipinski definition) is 3. The number of amides is 1. The summed E-state index contributed by atoms with van der Waals surface area (Å²) in [5.74, 6) is -0.0100. The van der Waals surface area contributed by atoms with Gasteiger partial charge in [0.15, 0.2) is 0 Å². The smallest absolute Gasteiger partial charge is 0.239 e. The molecule has 1 rings (SSSR count). The Morgan fingerprint density at radius 3 is 3.00 bits per heavy atom. The minimum atomic E-state index is -0.453. The normalized spacial score (nSPS) is 21.8. The van der Waals surface area contributed by atoms with Crippen LogP contribution in [0.2, 0.25) is 0 Å². The number of hydrogen-bond donors (Lipinski definition) is 0.